The average molecular weight is 462 g/mol. The third-order valence-electron chi connectivity index (χ3n) is 10.7. The highest BCUT2D eigenvalue weighted by molar-refractivity contribution is 5.96. The van der Waals surface area contributed by atoms with Gasteiger partial charge in [-0.2, -0.15) is 0 Å². The van der Waals surface area contributed by atoms with E-state index in [0.29, 0.717) is 22.1 Å². The maximum absolute atomic E-state index is 13.2. The molecule has 8 aliphatic rings. The van der Waals surface area contributed by atoms with E-state index in [1.165, 1.54) is 38.5 Å². The van der Waals surface area contributed by atoms with Crippen LogP contribution in [0.1, 0.15) is 112 Å². The molecule has 34 heavy (non-hydrogen) atoms. The van der Waals surface area contributed by atoms with Crippen molar-refractivity contribution in [3.8, 4) is 0 Å². The van der Waals surface area contributed by atoms with Gasteiger partial charge in [-0.15, -0.1) is 0 Å². The lowest BCUT2D eigenvalue weighted by Crippen LogP contribution is -2.62. The van der Waals surface area contributed by atoms with Crippen molar-refractivity contribution < 1.29 is 9.59 Å². The van der Waals surface area contributed by atoms with E-state index >= 15 is 0 Å². The van der Waals surface area contributed by atoms with E-state index in [2.05, 4.69) is 29.5 Å². The van der Waals surface area contributed by atoms with Crippen LogP contribution in [0, 0.1) is 34.5 Å². The van der Waals surface area contributed by atoms with Gasteiger partial charge in [0.1, 0.15) is 5.69 Å². The minimum Gasteiger partial charge on any atom is -0.347 e. The molecule has 1 aromatic heterocycles. The van der Waals surface area contributed by atoms with Crippen LogP contribution in [0.5, 0.6) is 0 Å². The number of aromatic nitrogens is 1. The van der Waals surface area contributed by atoms with E-state index in [9.17, 15) is 9.59 Å². The fraction of sp³-hybridized carbons (Fsp3) is 0.759. The number of hydrogen-bond donors (Lipinski definition) is 2. The minimum atomic E-state index is -0.0773. The lowest BCUT2D eigenvalue weighted by molar-refractivity contribution is -0.0685. The first-order chi connectivity index (χ1) is 16.1. The van der Waals surface area contributed by atoms with Crippen molar-refractivity contribution in [2.75, 3.05) is 0 Å². The molecule has 8 bridgehead atoms. The van der Waals surface area contributed by atoms with Crippen molar-refractivity contribution in [1.82, 2.24) is 15.6 Å². The lowest BCUT2D eigenvalue weighted by Gasteiger charge is -2.61. The second-order valence-corrected chi connectivity index (χ2v) is 14.4. The van der Waals surface area contributed by atoms with Crippen molar-refractivity contribution >= 4 is 11.8 Å². The molecule has 0 saturated heterocycles. The summed E-state index contributed by atoms with van der Waals surface area (Å²) in [4.78, 5) is 30.8. The second-order valence-electron chi connectivity index (χ2n) is 14.4. The molecule has 5 nitrogen and oxygen atoms in total. The van der Waals surface area contributed by atoms with E-state index < -0.39 is 0 Å². The van der Waals surface area contributed by atoms with E-state index in [1.54, 1.807) is 18.3 Å². The van der Waals surface area contributed by atoms with Crippen molar-refractivity contribution in [2.45, 2.75) is 102 Å². The fourth-order valence-electron chi connectivity index (χ4n) is 11.0. The van der Waals surface area contributed by atoms with Crippen molar-refractivity contribution in [1.29, 1.82) is 0 Å². The number of rotatable bonds is 4. The molecule has 182 valence electrons. The summed E-state index contributed by atoms with van der Waals surface area (Å²) >= 11 is 0. The smallest absolute Gasteiger partial charge is 0.270 e. The number of nitrogens with zero attached hydrogens (tertiary/aromatic N) is 1. The number of carbonyl (C=O) groups excluding carboxylic acids is 2. The molecule has 9 rings (SSSR count). The monoisotopic (exact) mass is 461 g/mol. The van der Waals surface area contributed by atoms with Gasteiger partial charge in [0.05, 0.1) is 5.56 Å². The first kappa shape index (κ1) is 21.4. The van der Waals surface area contributed by atoms with Crippen LogP contribution in [-0.2, 0) is 0 Å². The number of amides is 2. The zero-order valence-corrected chi connectivity index (χ0v) is 20.8. The highest BCUT2D eigenvalue weighted by Crippen LogP contribution is 2.62. The van der Waals surface area contributed by atoms with Gasteiger partial charge in [-0.05, 0) is 124 Å². The molecule has 4 atom stereocenters. The third kappa shape index (κ3) is 3.44. The van der Waals surface area contributed by atoms with Crippen LogP contribution in [0.2, 0.25) is 0 Å². The molecule has 0 spiro atoms. The zero-order chi connectivity index (χ0) is 23.3. The van der Waals surface area contributed by atoms with Gasteiger partial charge in [0, 0.05) is 17.3 Å². The third-order valence-corrected chi connectivity index (χ3v) is 10.7. The summed E-state index contributed by atoms with van der Waals surface area (Å²) in [6, 6.07) is 3.54. The molecule has 0 aliphatic heterocycles. The van der Waals surface area contributed by atoms with E-state index in [4.69, 9.17) is 0 Å². The van der Waals surface area contributed by atoms with Crippen molar-refractivity contribution in [3.05, 3.63) is 29.6 Å². The lowest BCUT2D eigenvalue weighted by atomic mass is 9.47. The Morgan fingerprint density at radius 3 is 1.62 bits per heavy atom. The van der Waals surface area contributed by atoms with Crippen LogP contribution in [0.4, 0.5) is 0 Å². The van der Waals surface area contributed by atoms with E-state index in [1.807, 2.05) is 0 Å². The van der Waals surface area contributed by atoms with Crippen LogP contribution in [0.15, 0.2) is 18.3 Å². The Balaban J connectivity index is 1.04. The van der Waals surface area contributed by atoms with Crippen LogP contribution in [-0.4, -0.2) is 27.9 Å². The largest absolute Gasteiger partial charge is 0.347 e. The summed E-state index contributed by atoms with van der Waals surface area (Å²) < 4.78 is 0. The Kier molecular flexibility index (Phi) is 4.31. The highest BCUT2D eigenvalue weighted by Gasteiger charge is 2.57. The summed E-state index contributed by atoms with van der Waals surface area (Å²) in [5.41, 5.74) is 1.69. The first-order valence-electron chi connectivity index (χ1n) is 13.7. The van der Waals surface area contributed by atoms with Crippen LogP contribution >= 0.6 is 0 Å². The summed E-state index contributed by atoms with van der Waals surface area (Å²) in [7, 11) is 0. The van der Waals surface area contributed by atoms with Gasteiger partial charge in [-0.25, -0.2) is 0 Å². The zero-order valence-electron chi connectivity index (χ0n) is 20.8. The molecule has 2 N–H and O–H groups in total. The molecule has 1 heterocycles. The van der Waals surface area contributed by atoms with Crippen LogP contribution < -0.4 is 10.6 Å². The molecule has 2 amide bonds. The fourth-order valence-corrected chi connectivity index (χ4v) is 11.0. The molecule has 0 radical (unpaired) electrons. The van der Waals surface area contributed by atoms with Gasteiger partial charge < -0.3 is 10.6 Å². The van der Waals surface area contributed by atoms with Crippen LogP contribution in [0.25, 0.3) is 0 Å². The van der Waals surface area contributed by atoms with Gasteiger partial charge in [0.25, 0.3) is 11.8 Å². The number of hydrogen-bond acceptors (Lipinski definition) is 3. The minimum absolute atomic E-state index is 0.0287. The molecule has 1 aromatic rings. The predicted molar refractivity (Wildman–Crippen MR) is 130 cm³/mol. The summed E-state index contributed by atoms with van der Waals surface area (Å²) in [6.07, 6.45) is 16.3. The molecule has 8 saturated carbocycles. The molecule has 4 unspecified atom stereocenters. The van der Waals surface area contributed by atoms with Gasteiger partial charge in [-0.3, -0.25) is 14.6 Å². The summed E-state index contributed by atoms with van der Waals surface area (Å²) in [5, 5.41) is 6.86. The number of nitrogens with one attached hydrogen (secondary N) is 2. The molecule has 8 fully saturated rings. The first-order valence-corrected chi connectivity index (χ1v) is 13.7. The molecule has 0 aromatic carbocycles. The Morgan fingerprint density at radius 2 is 1.21 bits per heavy atom. The Bertz CT molecular complexity index is 935. The second kappa shape index (κ2) is 6.85. The number of pyridine rings is 1. The van der Waals surface area contributed by atoms with Gasteiger partial charge in [0.15, 0.2) is 0 Å². The Morgan fingerprint density at radius 1 is 0.735 bits per heavy atom. The summed E-state index contributed by atoms with van der Waals surface area (Å²) in [6.45, 7) is 4.84. The van der Waals surface area contributed by atoms with Gasteiger partial charge in [0.2, 0.25) is 0 Å². The normalized spacial score (nSPS) is 47.6. The van der Waals surface area contributed by atoms with E-state index in [-0.39, 0.29) is 22.9 Å². The Labute approximate surface area is 203 Å². The average Bonchev–Trinajstić information content (AvgIpc) is 2.69. The van der Waals surface area contributed by atoms with Crippen LogP contribution in [0.3, 0.4) is 0 Å². The van der Waals surface area contributed by atoms with Crippen molar-refractivity contribution in [2.24, 2.45) is 34.5 Å². The molecular weight excluding hydrogens is 422 g/mol. The maximum atomic E-state index is 13.2. The molecule has 8 aliphatic carbocycles. The standard InChI is InChI=1S/C29H39N3O2/c1-26-7-18-5-19(8-26)12-28(11-18,16-26)31-24(33)22-3-4-23(30-15-22)25(34)32-29-13-20-6-21(14-29)10-27(2,9-20)17-29/h3-4,15,18-21H,5-14,16-17H2,1-2H3,(H,31,33)(H,32,34). The van der Waals surface area contributed by atoms with Gasteiger partial charge in [-0.1, -0.05) is 13.8 Å². The van der Waals surface area contributed by atoms with Gasteiger partial charge >= 0.3 is 0 Å². The topological polar surface area (TPSA) is 71.1 Å². The Hall–Kier alpha value is -1.91. The molecule has 5 heteroatoms. The van der Waals surface area contributed by atoms with Crippen molar-refractivity contribution in [3.63, 3.8) is 0 Å². The van der Waals surface area contributed by atoms with E-state index in [0.717, 1.165) is 62.2 Å². The maximum Gasteiger partial charge on any atom is 0.270 e. The summed E-state index contributed by atoms with van der Waals surface area (Å²) in [5.74, 6) is 2.95. The SMILES string of the molecule is CC12CC3CC(C1)CC(NC(=O)c1ccc(C(=O)NC45CC6CC(CC(C)(C6)C4)C5)nc1)(C3)C2. The highest BCUT2D eigenvalue weighted by atomic mass is 16.2. The quantitative estimate of drug-likeness (QED) is 0.643. The molecular formula is C29H39N3O2. The predicted octanol–water partition coefficient (Wildman–Crippen LogP) is 5.26. The number of carbonyl (C=O) groups is 2.